The number of hydrogen-bond donors (Lipinski definition) is 2. The third kappa shape index (κ3) is 4.13. The summed E-state index contributed by atoms with van der Waals surface area (Å²) in [5.41, 5.74) is 1.28. The number of hydrogen-bond acceptors (Lipinski definition) is 5. The van der Waals surface area contributed by atoms with E-state index in [1.54, 1.807) is 17.8 Å². The van der Waals surface area contributed by atoms with Crippen LogP contribution in [0.25, 0.3) is 10.2 Å². The third-order valence-corrected chi connectivity index (χ3v) is 10.3. The van der Waals surface area contributed by atoms with Crippen molar-refractivity contribution in [2.75, 3.05) is 11.6 Å². The number of thiazole rings is 1. The quantitative estimate of drug-likeness (QED) is 0.179. The van der Waals surface area contributed by atoms with E-state index >= 15 is 0 Å². The molecule has 2 N–H and O–H groups in total. The van der Waals surface area contributed by atoms with E-state index in [1.807, 2.05) is 18.4 Å². The van der Waals surface area contributed by atoms with Crippen molar-refractivity contribution in [3.63, 3.8) is 0 Å². The maximum absolute atomic E-state index is 12.9. The highest BCUT2D eigenvalue weighted by Crippen LogP contribution is 2.42. The largest absolute Gasteiger partial charge is 0.478 e. The van der Waals surface area contributed by atoms with Crippen LogP contribution in [0.4, 0.5) is 5.69 Å². The first-order valence-corrected chi connectivity index (χ1v) is 12.3. The maximum atomic E-state index is 12.9. The molecule has 1 amide bonds. The number of carboxylic acid groups (broad SMARTS) is 1. The molecule has 11 heteroatoms. The second-order valence-electron chi connectivity index (χ2n) is 5.13. The minimum absolute atomic E-state index is 0.0126. The first-order valence-electron chi connectivity index (χ1n) is 7.09. The Morgan fingerprint density at radius 3 is 2.30 bits per heavy atom. The van der Waals surface area contributed by atoms with Crippen LogP contribution in [0.1, 0.15) is 20.7 Å². The highest BCUT2D eigenvalue weighted by Gasteiger charge is 2.28. The second-order valence-corrected chi connectivity index (χ2v) is 10.4. The predicted molar refractivity (Wildman–Crippen MR) is 124 cm³/mol. The van der Waals surface area contributed by atoms with Gasteiger partial charge in [-0.2, -0.15) is 0 Å². The van der Waals surface area contributed by atoms with E-state index in [0.29, 0.717) is 19.1 Å². The molecule has 0 aliphatic heterocycles. The van der Waals surface area contributed by atoms with Crippen LogP contribution in [0.5, 0.6) is 0 Å². The highest BCUT2D eigenvalue weighted by atomic mass is 79.9. The fraction of sp³-hybridized carbons (Fsp3) is 0.0625. The van der Waals surface area contributed by atoms with E-state index in [1.165, 1.54) is 11.3 Å². The van der Waals surface area contributed by atoms with Gasteiger partial charge in [0, 0.05) is 23.6 Å². The molecule has 0 spiro atoms. The molecule has 3 aromatic rings. The van der Waals surface area contributed by atoms with Gasteiger partial charge in [0.05, 0.1) is 21.3 Å². The van der Waals surface area contributed by atoms with E-state index in [4.69, 9.17) is 0 Å². The lowest BCUT2D eigenvalue weighted by atomic mass is 10.1. The number of anilines is 1. The van der Waals surface area contributed by atoms with E-state index < -0.39 is 11.9 Å². The van der Waals surface area contributed by atoms with Crippen molar-refractivity contribution in [2.45, 2.75) is 4.34 Å². The SMILES string of the molecule is CSc1nc2ccc(NC(=O)c3c(Br)c(Br)c(Br)c(Br)c3C(=O)O)cc2s1. The molecule has 27 heavy (non-hydrogen) atoms. The van der Waals surface area contributed by atoms with Crippen LogP contribution >= 0.6 is 86.8 Å². The van der Waals surface area contributed by atoms with Gasteiger partial charge in [-0.3, -0.25) is 4.79 Å². The molecule has 3 rings (SSSR count). The zero-order valence-electron chi connectivity index (χ0n) is 13.3. The summed E-state index contributed by atoms with van der Waals surface area (Å²) < 4.78 is 3.53. The van der Waals surface area contributed by atoms with E-state index in [9.17, 15) is 14.7 Å². The molecular formula is C16H8Br4N2O3S2. The first-order chi connectivity index (χ1) is 12.7. The lowest BCUT2D eigenvalue weighted by Crippen LogP contribution is -2.18. The fourth-order valence-corrected chi connectivity index (χ4v) is 6.30. The van der Waals surface area contributed by atoms with Gasteiger partial charge in [0.2, 0.25) is 0 Å². The van der Waals surface area contributed by atoms with E-state index in [0.717, 1.165) is 14.6 Å². The number of rotatable bonds is 4. The van der Waals surface area contributed by atoms with Gasteiger partial charge < -0.3 is 10.4 Å². The zero-order valence-corrected chi connectivity index (χ0v) is 21.2. The van der Waals surface area contributed by atoms with Crippen molar-refractivity contribution in [2.24, 2.45) is 0 Å². The Morgan fingerprint density at radius 1 is 1.07 bits per heavy atom. The van der Waals surface area contributed by atoms with Crippen LogP contribution in [0.15, 0.2) is 40.4 Å². The minimum atomic E-state index is -1.22. The zero-order chi connectivity index (χ0) is 19.9. The number of carbonyl (C=O) groups excluding carboxylic acids is 1. The van der Waals surface area contributed by atoms with Crippen molar-refractivity contribution < 1.29 is 14.7 Å². The number of carbonyl (C=O) groups is 2. The topological polar surface area (TPSA) is 79.3 Å². The lowest BCUT2D eigenvalue weighted by Gasteiger charge is -2.14. The number of fused-ring (bicyclic) bond motifs is 1. The summed E-state index contributed by atoms with van der Waals surface area (Å²) in [7, 11) is 0. The number of halogens is 4. The Morgan fingerprint density at radius 2 is 1.70 bits per heavy atom. The van der Waals surface area contributed by atoms with Crippen molar-refractivity contribution in [3.05, 3.63) is 47.2 Å². The molecule has 1 aromatic heterocycles. The highest BCUT2D eigenvalue weighted by molar-refractivity contribution is 9.15. The molecule has 0 saturated carbocycles. The van der Waals surface area contributed by atoms with Crippen molar-refractivity contribution in [1.82, 2.24) is 4.98 Å². The molecule has 0 fully saturated rings. The predicted octanol–water partition coefficient (Wildman–Crippen LogP) is 7.02. The van der Waals surface area contributed by atoms with Crippen LogP contribution in [0.2, 0.25) is 0 Å². The normalized spacial score (nSPS) is 11.0. The van der Waals surface area contributed by atoms with Crippen molar-refractivity contribution in [3.8, 4) is 0 Å². The number of nitrogens with one attached hydrogen (secondary N) is 1. The standard InChI is InChI=1S/C16H8Br4N2O3S2/c1-26-16-22-6-3-2-5(4-7(6)27-16)21-14(23)8-9(15(24)25)11(18)13(20)12(19)10(8)17/h2-4H,1H3,(H,21,23)(H,24,25). The van der Waals surface area contributed by atoms with Gasteiger partial charge in [-0.05, 0) is 88.2 Å². The van der Waals surface area contributed by atoms with Gasteiger partial charge in [-0.15, -0.1) is 11.3 Å². The minimum Gasteiger partial charge on any atom is -0.478 e. The van der Waals surface area contributed by atoms with Gasteiger partial charge in [-0.1, -0.05) is 11.8 Å². The molecular weight excluding hydrogens is 652 g/mol. The summed E-state index contributed by atoms with van der Waals surface area (Å²) in [6.07, 6.45) is 1.95. The van der Waals surface area contributed by atoms with Crippen LogP contribution in [0, 0.1) is 0 Å². The van der Waals surface area contributed by atoms with Gasteiger partial charge in [0.1, 0.15) is 0 Å². The summed E-state index contributed by atoms with van der Waals surface area (Å²) in [4.78, 5) is 29.1. The first kappa shape index (κ1) is 21.3. The molecule has 1 heterocycles. The fourth-order valence-electron chi connectivity index (χ4n) is 2.31. The van der Waals surface area contributed by atoms with E-state index in [2.05, 4.69) is 74.0 Å². The van der Waals surface area contributed by atoms with Crippen molar-refractivity contribution in [1.29, 1.82) is 0 Å². The number of aromatic carboxylic acids is 1. The summed E-state index contributed by atoms with van der Waals surface area (Å²) in [5.74, 6) is -1.76. The number of carboxylic acids is 1. The Kier molecular flexibility index (Phi) is 6.69. The van der Waals surface area contributed by atoms with Gasteiger partial charge in [0.15, 0.2) is 4.34 Å². The molecule has 5 nitrogen and oxygen atoms in total. The van der Waals surface area contributed by atoms with Crippen LogP contribution in [-0.2, 0) is 0 Å². The van der Waals surface area contributed by atoms with Gasteiger partial charge >= 0.3 is 5.97 Å². The monoisotopic (exact) mass is 656 g/mol. The number of nitrogens with zero attached hydrogens (tertiary/aromatic N) is 1. The lowest BCUT2D eigenvalue weighted by molar-refractivity contribution is 0.0691. The average molecular weight is 660 g/mol. The Balaban J connectivity index is 2.05. The number of thioether (sulfide) groups is 1. The molecule has 0 saturated heterocycles. The number of aromatic nitrogens is 1. The number of benzene rings is 2. The molecule has 0 aliphatic rings. The third-order valence-electron chi connectivity index (χ3n) is 3.51. The molecule has 0 aliphatic carbocycles. The number of amides is 1. The Bertz CT molecular complexity index is 1100. The summed E-state index contributed by atoms with van der Waals surface area (Å²) in [6.45, 7) is 0. The molecule has 0 atom stereocenters. The van der Waals surface area contributed by atoms with Gasteiger partial charge in [0.25, 0.3) is 5.91 Å². The molecule has 140 valence electrons. The van der Waals surface area contributed by atoms with Crippen LogP contribution in [-0.4, -0.2) is 28.2 Å². The summed E-state index contributed by atoms with van der Waals surface area (Å²) in [6, 6.07) is 5.38. The smallest absolute Gasteiger partial charge is 0.337 e. The maximum Gasteiger partial charge on any atom is 0.337 e. The van der Waals surface area contributed by atoms with Crippen LogP contribution in [0.3, 0.4) is 0 Å². The van der Waals surface area contributed by atoms with E-state index in [-0.39, 0.29) is 15.6 Å². The summed E-state index contributed by atoms with van der Waals surface area (Å²) >= 11 is 16.3. The molecule has 0 unspecified atom stereocenters. The van der Waals surface area contributed by atoms with Crippen molar-refractivity contribution >= 4 is 115 Å². The summed E-state index contributed by atoms with van der Waals surface area (Å²) in [5, 5.41) is 12.4. The molecule has 2 aromatic carbocycles. The second kappa shape index (κ2) is 8.50. The molecule has 0 bridgehead atoms. The Hall–Kier alpha value is -0.460. The van der Waals surface area contributed by atoms with Crippen LogP contribution < -0.4 is 5.32 Å². The molecule has 0 radical (unpaired) electrons. The Labute approximate surface area is 195 Å². The van der Waals surface area contributed by atoms with Gasteiger partial charge in [-0.25, -0.2) is 9.78 Å². The average Bonchev–Trinajstić information content (AvgIpc) is 3.04.